The molecule has 1 atom stereocenters. The van der Waals surface area contributed by atoms with Crippen LogP contribution in [-0.4, -0.2) is 24.6 Å². The highest BCUT2D eigenvalue weighted by atomic mass is 79.9. The third kappa shape index (κ3) is 2.02. The molecule has 2 aliphatic rings. The second-order valence-electron chi connectivity index (χ2n) is 6.57. The van der Waals surface area contributed by atoms with Gasteiger partial charge in [-0.05, 0) is 53.6 Å². The van der Waals surface area contributed by atoms with E-state index in [9.17, 15) is 0 Å². The average Bonchev–Trinajstić information content (AvgIpc) is 3.21. The number of anilines is 1. The van der Waals surface area contributed by atoms with Crippen LogP contribution in [0.1, 0.15) is 53.9 Å². The predicted octanol–water partition coefficient (Wildman–Crippen LogP) is 2.95. The van der Waals surface area contributed by atoms with Crippen LogP contribution in [0.4, 0.5) is 5.82 Å². The number of halogens is 1. The molecule has 0 radical (unpaired) electrons. The highest BCUT2D eigenvalue weighted by Crippen LogP contribution is 2.44. The normalized spacial score (nSPS) is 20.8. The lowest BCUT2D eigenvalue weighted by atomic mass is 9.85. The number of hydrogen-bond donors (Lipinski definition) is 2. The Morgan fingerprint density at radius 3 is 2.96 bits per heavy atom. The van der Waals surface area contributed by atoms with Crippen molar-refractivity contribution >= 4 is 27.3 Å². The molecule has 7 heteroatoms. The second-order valence-corrected chi connectivity index (χ2v) is 7.32. The highest BCUT2D eigenvalue weighted by Gasteiger charge is 2.34. The molecule has 6 nitrogen and oxygen atoms in total. The fourth-order valence-corrected chi connectivity index (χ4v) is 4.34. The lowest BCUT2D eigenvalue weighted by Crippen LogP contribution is -2.15. The van der Waals surface area contributed by atoms with Gasteiger partial charge in [-0.25, -0.2) is 9.97 Å². The smallest absolute Gasteiger partial charge is 0.150 e. The van der Waals surface area contributed by atoms with Crippen molar-refractivity contribution in [1.82, 2.24) is 24.6 Å². The first-order chi connectivity index (χ1) is 11.2. The van der Waals surface area contributed by atoms with Crippen LogP contribution in [0, 0.1) is 0 Å². The van der Waals surface area contributed by atoms with E-state index in [-0.39, 0.29) is 0 Å². The molecule has 23 heavy (non-hydrogen) atoms. The summed E-state index contributed by atoms with van der Waals surface area (Å²) in [5.41, 5.74) is 10.9. The maximum Gasteiger partial charge on any atom is 0.150 e. The molecule has 5 rings (SSSR count). The van der Waals surface area contributed by atoms with E-state index in [1.165, 1.54) is 29.8 Å². The molecule has 1 fully saturated rings. The van der Waals surface area contributed by atoms with Crippen LogP contribution in [-0.2, 0) is 12.8 Å². The van der Waals surface area contributed by atoms with Gasteiger partial charge in [-0.1, -0.05) is 0 Å². The molecule has 3 N–H and O–H groups in total. The van der Waals surface area contributed by atoms with Gasteiger partial charge in [-0.15, -0.1) is 0 Å². The van der Waals surface area contributed by atoms with Gasteiger partial charge in [-0.3, -0.25) is 9.50 Å². The van der Waals surface area contributed by atoms with Crippen LogP contribution >= 0.6 is 15.9 Å². The van der Waals surface area contributed by atoms with Crippen molar-refractivity contribution in [1.29, 1.82) is 0 Å². The van der Waals surface area contributed by atoms with E-state index in [0.717, 1.165) is 35.2 Å². The van der Waals surface area contributed by atoms with Gasteiger partial charge in [0.15, 0.2) is 5.82 Å². The molecule has 2 aliphatic carbocycles. The Morgan fingerprint density at radius 1 is 1.26 bits per heavy atom. The number of nitrogens with zero attached hydrogens (tertiary/aromatic N) is 4. The van der Waals surface area contributed by atoms with E-state index in [1.807, 2.05) is 6.20 Å². The number of H-pyrrole nitrogens is 1. The minimum Gasteiger partial charge on any atom is -0.382 e. The maximum absolute atomic E-state index is 6.02. The molecule has 0 unspecified atom stereocenters. The molecule has 3 heterocycles. The molecule has 3 aromatic heterocycles. The van der Waals surface area contributed by atoms with Gasteiger partial charge >= 0.3 is 0 Å². The summed E-state index contributed by atoms with van der Waals surface area (Å²) in [6.45, 7) is 0. The molecule has 0 aliphatic heterocycles. The molecular weight excluding hydrogens is 356 g/mol. The van der Waals surface area contributed by atoms with Crippen molar-refractivity contribution in [2.45, 2.75) is 43.9 Å². The molecule has 0 saturated heterocycles. The van der Waals surface area contributed by atoms with E-state index >= 15 is 0 Å². The summed E-state index contributed by atoms with van der Waals surface area (Å²) in [6, 6.07) is 0. The van der Waals surface area contributed by atoms with Crippen molar-refractivity contribution in [3.05, 3.63) is 39.8 Å². The van der Waals surface area contributed by atoms with Crippen LogP contribution < -0.4 is 5.73 Å². The lowest BCUT2D eigenvalue weighted by molar-refractivity contribution is 0.546. The van der Waals surface area contributed by atoms with Crippen LogP contribution in [0.3, 0.4) is 0 Å². The van der Waals surface area contributed by atoms with Gasteiger partial charge in [0.25, 0.3) is 0 Å². The molecule has 1 saturated carbocycles. The largest absolute Gasteiger partial charge is 0.382 e. The lowest BCUT2D eigenvalue weighted by Gasteiger charge is -2.21. The minimum absolute atomic E-state index is 0.387. The second kappa shape index (κ2) is 4.80. The Kier molecular flexibility index (Phi) is 2.83. The first-order valence-corrected chi connectivity index (χ1v) is 8.85. The summed E-state index contributed by atoms with van der Waals surface area (Å²) in [5.74, 6) is 2.64. The van der Waals surface area contributed by atoms with Crippen LogP contribution in [0.5, 0.6) is 0 Å². The number of imidazole rings is 1. The number of fused-ring (bicyclic) bond motifs is 2. The minimum atomic E-state index is 0.387. The van der Waals surface area contributed by atoms with E-state index in [4.69, 9.17) is 10.7 Å². The topological polar surface area (TPSA) is 84.9 Å². The van der Waals surface area contributed by atoms with Crippen LogP contribution in [0.25, 0.3) is 5.52 Å². The first-order valence-electron chi connectivity index (χ1n) is 8.06. The van der Waals surface area contributed by atoms with Gasteiger partial charge in [-0.2, -0.15) is 5.10 Å². The molecule has 0 aromatic carbocycles. The van der Waals surface area contributed by atoms with E-state index in [2.05, 4.69) is 35.5 Å². The van der Waals surface area contributed by atoms with Gasteiger partial charge in [0.2, 0.25) is 0 Å². The number of aromatic amines is 1. The van der Waals surface area contributed by atoms with Crippen molar-refractivity contribution in [3.63, 3.8) is 0 Å². The number of nitrogens with one attached hydrogen (secondary N) is 1. The maximum atomic E-state index is 6.02. The quantitative estimate of drug-likeness (QED) is 0.723. The number of nitrogen functional groups attached to an aromatic ring is 1. The standard InChI is InChI=1S/C16H17BrN6/c17-14-13-15(18)19-5-6-23(13)16(20-14)9-3-4-11-10(7-9)12(22-21-11)8-1-2-8/h5-6,8-9H,1-4,7H2,(H2,18,19)(H,21,22)/t9-/m1/s1. The summed E-state index contributed by atoms with van der Waals surface area (Å²) in [6.07, 6.45) is 9.36. The number of nitrogens with two attached hydrogens (primary N) is 1. The summed E-state index contributed by atoms with van der Waals surface area (Å²) in [5, 5.41) is 7.83. The first kappa shape index (κ1) is 13.5. The Labute approximate surface area is 141 Å². The zero-order valence-electron chi connectivity index (χ0n) is 12.6. The van der Waals surface area contributed by atoms with Gasteiger partial charge < -0.3 is 5.73 Å². The van der Waals surface area contributed by atoms with E-state index in [0.29, 0.717) is 17.7 Å². The Morgan fingerprint density at radius 2 is 2.13 bits per heavy atom. The zero-order valence-corrected chi connectivity index (χ0v) is 14.2. The molecule has 0 amide bonds. The molecule has 118 valence electrons. The number of aryl methyl sites for hydroxylation is 1. The van der Waals surface area contributed by atoms with Crippen LogP contribution in [0.15, 0.2) is 17.0 Å². The Bertz CT molecular complexity index is 907. The SMILES string of the molecule is Nc1nccn2c([C@@H]3CCc4[nH]nc(C5CC5)c4C3)nc(Br)c12. The number of rotatable bonds is 2. The van der Waals surface area contributed by atoms with E-state index in [1.54, 1.807) is 6.20 Å². The van der Waals surface area contributed by atoms with Crippen molar-refractivity contribution in [2.75, 3.05) is 5.73 Å². The zero-order chi connectivity index (χ0) is 15.6. The van der Waals surface area contributed by atoms with Gasteiger partial charge in [0.05, 0.1) is 5.69 Å². The molecule has 0 bridgehead atoms. The molecule has 0 spiro atoms. The highest BCUT2D eigenvalue weighted by molar-refractivity contribution is 9.10. The summed E-state index contributed by atoms with van der Waals surface area (Å²) in [7, 11) is 0. The van der Waals surface area contributed by atoms with Gasteiger partial charge in [0, 0.05) is 29.9 Å². The average molecular weight is 373 g/mol. The van der Waals surface area contributed by atoms with Crippen molar-refractivity contribution in [2.24, 2.45) is 0 Å². The fraction of sp³-hybridized carbons (Fsp3) is 0.438. The third-order valence-electron chi connectivity index (χ3n) is 5.08. The fourth-order valence-electron chi connectivity index (χ4n) is 3.76. The van der Waals surface area contributed by atoms with E-state index < -0.39 is 0 Å². The molecular formula is C16H17BrN6. The van der Waals surface area contributed by atoms with Crippen molar-refractivity contribution < 1.29 is 0 Å². The monoisotopic (exact) mass is 372 g/mol. The summed E-state index contributed by atoms with van der Waals surface area (Å²) < 4.78 is 2.86. The Hall–Kier alpha value is -1.89. The molecule has 3 aromatic rings. The predicted molar refractivity (Wildman–Crippen MR) is 90.4 cm³/mol. The third-order valence-corrected chi connectivity index (χ3v) is 5.63. The Balaban J connectivity index is 1.58. The number of hydrogen-bond acceptors (Lipinski definition) is 4. The van der Waals surface area contributed by atoms with Crippen molar-refractivity contribution in [3.8, 4) is 0 Å². The van der Waals surface area contributed by atoms with Crippen LogP contribution in [0.2, 0.25) is 0 Å². The number of aromatic nitrogens is 5. The van der Waals surface area contributed by atoms with Gasteiger partial charge in [0.1, 0.15) is 15.9 Å². The summed E-state index contributed by atoms with van der Waals surface area (Å²) >= 11 is 3.54. The summed E-state index contributed by atoms with van der Waals surface area (Å²) in [4.78, 5) is 8.92.